The molecule has 17 heavy (non-hydrogen) atoms. The van der Waals surface area contributed by atoms with E-state index >= 15 is 0 Å². The lowest BCUT2D eigenvalue weighted by Gasteiger charge is -2.30. The minimum absolute atomic E-state index is 0.0860. The maximum absolute atomic E-state index is 9.62. The van der Waals surface area contributed by atoms with Gasteiger partial charge >= 0.3 is 0 Å². The van der Waals surface area contributed by atoms with Crippen molar-refractivity contribution in [2.45, 2.75) is 52.6 Å². The van der Waals surface area contributed by atoms with Crippen LogP contribution in [0.15, 0.2) is 12.1 Å². The number of hydrogen-bond donors (Lipinski definition) is 1. The predicted octanol–water partition coefficient (Wildman–Crippen LogP) is 3.36. The van der Waals surface area contributed by atoms with Crippen LogP contribution >= 0.6 is 0 Å². The first-order valence-corrected chi connectivity index (χ1v) is 6.11. The number of aryl methyl sites for hydroxylation is 2. The summed E-state index contributed by atoms with van der Waals surface area (Å²) in [6.07, 6.45) is 0.420. The molecule has 2 heteroatoms. The molecule has 0 aliphatic rings. The Morgan fingerprint density at radius 2 is 1.88 bits per heavy atom. The number of aliphatic hydroxyl groups excluding tert-OH is 1. The standard InChI is InChI=1S/C15H24O2/c1-10-7-11(2)14(13(8-10)17-6)15(4,5)9-12(3)16/h7-8,12,16H,9H2,1-6H3. The summed E-state index contributed by atoms with van der Waals surface area (Å²) < 4.78 is 5.49. The molecule has 0 bridgehead atoms. The molecule has 0 spiro atoms. The zero-order valence-electron chi connectivity index (χ0n) is 11.8. The van der Waals surface area contributed by atoms with Gasteiger partial charge in [0.25, 0.3) is 0 Å². The van der Waals surface area contributed by atoms with Gasteiger partial charge in [0.1, 0.15) is 5.75 Å². The number of hydrogen-bond acceptors (Lipinski definition) is 2. The van der Waals surface area contributed by atoms with Crippen LogP contribution < -0.4 is 4.74 Å². The Morgan fingerprint density at radius 1 is 1.29 bits per heavy atom. The predicted molar refractivity (Wildman–Crippen MR) is 71.8 cm³/mol. The average Bonchev–Trinajstić information content (AvgIpc) is 2.13. The third-order valence-corrected chi connectivity index (χ3v) is 3.15. The minimum Gasteiger partial charge on any atom is -0.496 e. The number of ether oxygens (including phenoxy) is 1. The van der Waals surface area contributed by atoms with Crippen molar-refractivity contribution >= 4 is 0 Å². The lowest BCUT2D eigenvalue weighted by molar-refractivity contribution is 0.155. The average molecular weight is 236 g/mol. The van der Waals surface area contributed by atoms with E-state index in [-0.39, 0.29) is 11.5 Å². The quantitative estimate of drug-likeness (QED) is 0.868. The molecule has 1 unspecified atom stereocenters. The lowest BCUT2D eigenvalue weighted by atomic mass is 9.77. The zero-order valence-corrected chi connectivity index (χ0v) is 11.8. The highest BCUT2D eigenvalue weighted by atomic mass is 16.5. The van der Waals surface area contributed by atoms with E-state index in [0.29, 0.717) is 0 Å². The maximum atomic E-state index is 9.62. The summed E-state index contributed by atoms with van der Waals surface area (Å²) in [5.74, 6) is 0.924. The number of benzene rings is 1. The molecule has 0 saturated carbocycles. The van der Waals surface area contributed by atoms with Crippen molar-refractivity contribution in [1.29, 1.82) is 0 Å². The van der Waals surface area contributed by atoms with E-state index in [1.165, 1.54) is 16.7 Å². The molecule has 0 fully saturated rings. The molecule has 0 saturated heterocycles. The van der Waals surface area contributed by atoms with Crippen molar-refractivity contribution in [1.82, 2.24) is 0 Å². The van der Waals surface area contributed by atoms with Gasteiger partial charge in [-0.1, -0.05) is 19.9 Å². The topological polar surface area (TPSA) is 29.5 Å². The van der Waals surface area contributed by atoms with Gasteiger partial charge < -0.3 is 9.84 Å². The SMILES string of the molecule is COc1cc(C)cc(C)c1C(C)(C)CC(C)O. The highest BCUT2D eigenvalue weighted by Gasteiger charge is 2.28. The van der Waals surface area contributed by atoms with Crippen molar-refractivity contribution in [3.8, 4) is 5.75 Å². The number of rotatable bonds is 4. The first-order chi connectivity index (χ1) is 7.77. The Hall–Kier alpha value is -1.02. The fraction of sp³-hybridized carbons (Fsp3) is 0.600. The van der Waals surface area contributed by atoms with Gasteiger partial charge in [-0.15, -0.1) is 0 Å². The van der Waals surface area contributed by atoms with Crippen molar-refractivity contribution in [3.05, 3.63) is 28.8 Å². The van der Waals surface area contributed by atoms with Gasteiger partial charge in [0, 0.05) is 5.56 Å². The van der Waals surface area contributed by atoms with Gasteiger partial charge in [-0.25, -0.2) is 0 Å². The highest BCUT2D eigenvalue weighted by Crippen LogP contribution is 2.38. The smallest absolute Gasteiger partial charge is 0.123 e. The molecule has 0 aromatic heterocycles. The van der Waals surface area contributed by atoms with Crippen LogP contribution in [0, 0.1) is 13.8 Å². The van der Waals surface area contributed by atoms with E-state index in [1.54, 1.807) is 7.11 Å². The molecule has 0 heterocycles. The second-order valence-corrected chi connectivity index (χ2v) is 5.60. The van der Waals surface area contributed by atoms with Crippen molar-refractivity contribution < 1.29 is 9.84 Å². The van der Waals surface area contributed by atoms with E-state index < -0.39 is 0 Å². The van der Waals surface area contributed by atoms with Gasteiger partial charge in [0.05, 0.1) is 13.2 Å². The van der Waals surface area contributed by atoms with Gasteiger partial charge in [0.2, 0.25) is 0 Å². The summed E-state index contributed by atoms with van der Waals surface area (Å²) in [5, 5.41) is 9.62. The molecule has 1 N–H and O–H groups in total. The minimum atomic E-state index is -0.310. The molecule has 0 radical (unpaired) electrons. The Kier molecular flexibility index (Phi) is 4.21. The number of methoxy groups -OCH3 is 1. The molecule has 0 amide bonds. The van der Waals surface area contributed by atoms with Crippen LogP contribution in [0.4, 0.5) is 0 Å². The van der Waals surface area contributed by atoms with E-state index in [0.717, 1.165) is 12.2 Å². The summed E-state index contributed by atoms with van der Waals surface area (Å²) in [6, 6.07) is 4.23. The molecule has 0 aliphatic carbocycles. The van der Waals surface area contributed by atoms with Gasteiger partial charge in [-0.2, -0.15) is 0 Å². The molecule has 1 rings (SSSR count). The molecule has 1 aromatic carbocycles. The fourth-order valence-electron chi connectivity index (χ4n) is 2.80. The van der Waals surface area contributed by atoms with Crippen LogP contribution in [0.2, 0.25) is 0 Å². The number of aliphatic hydroxyl groups is 1. The molecular weight excluding hydrogens is 212 g/mol. The normalized spacial score (nSPS) is 13.6. The van der Waals surface area contributed by atoms with E-state index in [2.05, 4.69) is 39.8 Å². The van der Waals surface area contributed by atoms with Crippen LogP contribution in [-0.2, 0) is 5.41 Å². The third-order valence-electron chi connectivity index (χ3n) is 3.15. The summed E-state index contributed by atoms with van der Waals surface area (Å²) in [6.45, 7) is 10.3. The molecule has 1 aromatic rings. The fourth-order valence-corrected chi connectivity index (χ4v) is 2.80. The summed E-state index contributed by atoms with van der Waals surface area (Å²) in [7, 11) is 1.70. The lowest BCUT2D eigenvalue weighted by Crippen LogP contribution is -2.25. The van der Waals surface area contributed by atoms with E-state index in [9.17, 15) is 5.11 Å². The van der Waals surface area contributed by atoms with E-state index in [4.69, 9.17) is 4.74 Å². The Bertz CT molecular complexity index is 392. The Balaban J connectivity index is 3.28. The molecule has 2 nitrogen and oxygen atoms in total. The summed E-state index contributed by atoms with van der Waals surface area (Å²) in [4.78, 5) is 0. The molecule has 96 valence electrons. The van der Waals surface area contributed by atoms with Gasteiger partial charge in [-0.3, -0.25) is 0 Å². The second kappa shape index (κ2) is 5.09. The van der Waals surface area contributed by atoms with Gasteiger partial charge in [0.15, 0.2) is 0 Å². The van der Waals surface area contributed by atoms with Crippen LogP contribution in [-0.4, -0.2) is 18.3 Å². The van der Waals surface area contributed by atoms with E-state index in [1.807, 2.05) is 6.92 Å². The second-order valence-electron chi connectivity index (χ2n) is 5.60. The Morgan fingerprint density at radius 3 is 2.35 bits per heavy atom. The van der Waals surface area contributed by atoms with Crippen LogP contribution in [0.3, 0.4) is 0 Å². The summed E-state index contributed by atoms with van der Waals surface area (Å²) in [5.41, 5.74) is 3.55. The van der Waals surface area contributed by atoms with Gasteiger partial charge in [-0.05, 0) is 49.8 Å². The molecular formula is C15H24O2. The van der Waals surface area contributed by atoms with Crippen LogP contribution in [0.5, 0.6) is 5.75 Å². The zero-order chi connectivity index (χ0) is 13.2. The van der Waals surface area contributed by atoms with Crippen LogP contribution in [0.1, 0.15) is 43.9 Å². The first-order valence-electron chi connectivity index (χ1n) is 6.11. The first kappa shape index (κ1) is 14.0. The maximum Gasteiger partial charge on any atom is 0.123 e. The monoisotopic (exact) mass is 236 g/mol. The highest BCUT2D eigenvalue weighted by molar-refractivity contribution is 5.47. The third kappa shape index (κ3) is 3.22. The van der Waals surface area contributed by atoms with Crippen molar-refractivity contribution in [3.63, 3.8) is 0 Å². The molecule has 0 aliphatic heterocycles. The van der Waals surface area contributed by atoms with Crippen LogP contribution in [0.25, 0.3) is 0 Å². The Labute approximate surface area is 105 Å². The summed E-state index contributed by atoms with van der Waals surface area (Å²) >= 11 is 0. The van der Waals surface area contributed by atoms with Crippen molar-refractivity contribution in [2.75, 3.05) is 7.11 Å². The largest absolute Gasteiger partial charge is 0.496 e. The molecule has 1 atom stereocenters. The van der Waals surface area contributed by atoms with Crippen molar-refractivity contribution in [2.24, 2.45) is 0 Å².